The summed E-state index contributed by atoms with van der Waals surface area (Å²) in [5.41, 5.74) is 5.02. The Morgan fingerprint density at radius 3 is 2.77 bits per heavy atom. The topological polar surface area (TPSA) is 84.1 Å². The second-order valence-electron chi connectivity index (χ2n) is 3.16. The Hall–Kier alpha value is -0.880. The fraction of sp³-hybridized carbons (Fsp3) is 0.714. The molecule has 1 rings (SSSR count). The predicted octanol–water partition coefficient (Wildman–Crippen LogP) is 0.693. The predicted molar refractivity (Wildman–Crippen MR) is 53.7 cm³/mol. The van der Waals surface area contributed by atoms with Gasteiger partial charge in [0.15, 0.2) is 0 Å². The molecule has 1 aromatic rings. The van der Waals surface area contributed by atoms with Crippen LogP contribution in [-0.2, 0) is 0 Å². The van der Waals surface area contributed by atoms with Crippen LogP contribution in [0.4, 0.5) is 11.1 Å². The van der Waals surface area contributed by atoms with Crippen molar-refractivity contribution in [2.24, 2.45) is 0 Å². The van der Waals surface area contributed by atoms with E-state index >= 15 is 0 Å². The van der Waals surface area contributed by atoms with Crippen molar-refractivity contribution in [3.8, 4) is 0 Å². The van der Waals surface area contributed by atoms with E-state index in [0.29, 0.717) is 5.13 Å². The molecule has 6 heteroatoms. The monoisotopic (exact) mass is 202 g/mol. The number of hydrogen-bond acceptors (Lipinski definition) is 6. The lowest BCUT2D eigenvalue weighted by molar-refractivity contribution is 0.219. The third kappa shape index (κ3) is 2.53. The summed E-state index contributed by atoms with van der Waals surface area (Å²) in [6, 6.07) is 0. The van der Waals surface area contributed by atoms with Crippen molar-refractivity contribution < 1.29 is 5.11 Å². The minimum Gasteiger partial charge on any atom is -0.394 e. The third-order valence-corrected chi connectivity index (χ3v) is 2.62. The van der Waals surface area contributed by atoms with Crippen LogP contribution in [0.3, 0.4) is 0 Å². The Morgan fingerprint density at radius 2 is 2.38 bits per heavy atom. The van der Waals surface area contributed by atoms with Gasteiger partial charge in [0, 0.05) is 11.5 Å². The van der Waals surface area contributed by atoms with Crippen molar-refractivity contribution >= 4 is 22.6 Å². The number of aliphatic hydroxyl groups is 1. The Labute approximate surface area is 81.2 Å². The third-order valence-electron chi connectivity index (χ3n) is 1.98. The van der Waals surface area contributed by atoms with Gasteiger partial charge < -0.3 is 16.2 Å². The molecule has 0 bridgehead atoms. The highest BCUT2D eigenvalue weighted by molar-refractivity contribution is 7.09. The first kappa shape index (κ1) is 10.2. The van der Waals surface area contributed by atoms with E-state index in [1.165, 1.54) is 11.5 Å². The van der Waals surface area contributed by atoms with E-state index in [1.54, 1.807) is 0 Å². The largest absolute Gasteiger partial charge is 0.394 e. The van der Waals surface area contributed by atoms with Crippen molar-refractivity contribution in [1.82, 2.24) is 9.36 Å². The van der Waals surface area contributed by atoms with Crippen molar-refractivity contribution in [1.29, 1.82) is 0 Å². The number of nitrogens with two attached hydrogens (primary N) is 1. The van der Waals surface area contributed by atoms with Crippen molar-refractivity contribution in [3.63, 3.8) is 0 Å². The molecule has 0 saturated heterocycles. The van der Waals surface area contributed by atoms with Gasteiger partial charge in [0.1, 0.15) is 0 Å². The van der Waals surface area contributed by atoms with Crippen LogP contribution < -0.4 is 11.1 Å². The van der Waals surface area contributed by atoms with Crippen LogP contribution in [0.15, 0.2) is 0 Å². The summed E-state index contributed by atoms with van der Waals surface area (Å²) in [5.74, 6) is 0.267. The molecule has 13 heavy (non-hydrogen) atoms. The van der Waals surface area contributed by atoms with E-state index in [9.17, 15) is 0 Å². The zero-order valence-corrected chi connectivity index (χ0v) is 8.56. The summed E-state index contributed by atoms with van der Waals surface area (Å²) in [5, 5.41) is 12.9. The first-order chi connectivity index (χ1) is 6.09. The van der Waals surface area contributed by atoms with E-state index in [4.69, 9.17) is 10.8 Å². The molecular formula is C7H14N4OS. The van der Waals surface area contributed by atoms with Gasteiger partial charge in [0.2, 0.25) is 11.1 Å². The van der Waals surface area contributed by atoms with Gasteiger partial charge in [0.05, 0.1) is 12.1 Å². The van der Waals surface area contributed by atoms with Gasteiger partial charge in [0.25, 0.3) is 0 Å². The van der Waals surface area contributed by atoms with Gasteiger partial charge in [-0.25, -0.2) is 0 Å². The van der Waals surface area contributed by atoms with Gasteiger partial charge in [-0.2, -0.15) is 9.36 Å². The minimum absolute atomic E-state index is 0.0585. The quantitative estimate of drug-likeness (QED) is 0.669. The van der Waals surface area contributed by atoms with Crippen LogP contribution in [-0.4, -0.2) is 26.6 Å². The summed E-state index contributed by atoms with van der Waals surface area (Å²) < 4.78 is 3.83. The lowest BCUT2D eigenvalue weighted by atomic mass is 10.0. The van der Waals surface area contributed by atoms with Gasteiger partial charge in [-0.15, -0.1) is 0 Å². The summed E-state index contributed by atoms with van der Waals surface area (Å²) in [7, 11) is 0. The van der Waals surface area contributed by atoms with Gasteiger partial charge >= 0.3 is 0 Å². The molecule has 0 aliphatic rings. The molecule has 1 aromatic heterocycles. The van der Waals surface area contributed by atoms with Crippen molar-refractivity contribution in [2.45, 2.75) is 25.8 Å². The van der Waals surface area contributed by atoms with Crippen LogP contribution in [0, 0.1) is 0 Å². The Morgan fingerprint density at radius 1 is 1.69 bits per heavy atom. The molecule has 4 N–H and O–H groups in total. The van der Waals surface area contributed by atoms with E-state index < -0.39 is 0 Å². The smallest absolute Gasteiger partial charge is 0.233 e. The summed E-state index contributed by atoms with van der Waals surface area (Å²) in [4.78, 5) is 3.95. The maximum Gasteiger partial charge on any atom is 0.233 e. The molecule has 0 radical (unpaired) electrons. The molecule has 0 spiro atoms. The number of nitrogens with one attached hydrogen (secondary N) is 1. The van der Waals surface area contributed by atoms with Crippen LogP contribution in [0.2, 0.25) is 0 Å². The molecule has 74 valence electrons. The van der Waals surface area contributed by atoms with Crippen LogP contribution in [0.1, 0.15) is 20.3 Å². The molecule has 0 fully saturated rings. The summed E-state index contributed by atoms with van der Waals surface area (Å²) in [6.45, 7) is 3.97. The zero-order valence-electron chi connectivity index (χ0n) is 7.74. The number of rotatable bonds is 4. The van der Waals surface area contributed by atoms with E-state index in [2.05, 4.69) is 14.7 Å². The van der Waals surface area contributed by atoms with E-state index in [1.807, 2.05) is 13.8 Å². The lowest BCUT2D eigenvalue weighted by Crippen LogP contribution is -2.37. The SMILES string of the molecule is CCC(C)(CO)Nc1nc(N)ns1. The molecule has 1 heterocycles. The second-order valence-corrected chi connectivity index (χ2v) is 3.91. The molecule has 0 aliphatic carbocycles. The van der Waals surface area contributed by atoms with Crippen molar-refractivity contribution in [2.75, 3.05) is 17.7 Å². The molecule has 5 nitrogen and oxygen atoms in total. The first-order valence-corrected chi connectivity index (χ1v) is 4.85. The molecule has 0 aliphatic heterocycles. The van der Waals surface area contributed by atoms with Gasteiger partial charge in [-0.3, -0.25) is 0 Å². The highest BCUT2D eigenvalue weighted by Gasteiger charge is 2.21. The lowest BCUT2D eigenvalue weighted by Gasteiger charge is -2.26. The molecule has 0 amide bonds. The Balaban J connectivity index is 2.67. The zero-order chi connectivity index (χ0) is 9.90. The van der Waals surface area contributed by atoms with E-state index in [-0.39, 0.29) is 18.1 Å². The van der Waals surface area contributed by atoms with Gasteiger partial charge in [-0.1, -0.05) is 6.92 Å². The summed E-state index contributed by atoms with van der Waals surface area (Å²) >= 11 is 1.20. The molecule has 1 unspecified atom stereocenters. The molecule has 0 saturated carbocycles. The van der Waals surface area contributed by atoms with Crippen LogP contribution in [0.25, 0.3) is 0 Å². The minimum atomic E-state index is -0.341. The normalized spacial score (nSPS) is 15.3. The number of nitrogens with zero attached hydrogens (tertiary/aromatic N) is 2. The van der Waals surface area contributed by atoms with Crippen LogP contribution >= 0.6 is 11.5 Å². The maximum atomic E-state index is 9.12. The molecule has 0 aromatic carbocycles. The standard InChI is InChI=1S/C7H14N4OS/c1-3-7(2,4-12)10-6-9-5(8)11-13-6/h12H,3-4H2,1-2H3,(H3,8,9,10,11). The summed E-state index contributed by atoms with van der Waals surface area (Å²) in [6.07, 6.45) is 0.809. The molecular weight excluding hydrogens is 188 g/mol. The number of nitrogen functional groups attached to an aromatic ring is 1. The highest BCUT2D eigenvalue weighted by Crippen LogP contribution is 2.20. The second kappa shape index (κ2) is 3.89. The average Bonchev–Trinajstić information content (AvgIpc) is 2.51. The van der Waals surface area contributed by atoms with Crippen molar-refractivity contribution in [3.05, 3.63) is 0 Å². The fourth-order valence-corrected chi connectivity index (χ4v) is 1.43. The first-order valence-electron chi connectivity index (χ1n) is 4.08. The van der Waals surface area contributed by atoms with E-state index in [0.717, 1.165) is 6.42 Å². The van der Waals surface area contributed by atoms with Crippen LogP contribution in [0.5, 0.6) is 0 Å². The molecule has 1 atom stereocenters. The highest BCUT2D eigenvalue weighted by atomic mass is 32.1. The number of anilines is 2. The number of aliphatic hydroxyl groups excluding tert-OH is 1. The average molecular weight is 202 g/mol. The van der Waals surface area contributed by atoms with Gasteiger partial charge in [-0.05, 0) is 13.3 Å². The number of aromatic nitrogens is 2. The Kier molecular flexibility index (Phi) is 3.05. The fourth-order valence-electron chi connectivity index (χ4n) is 0.784. The number of hydrogen-bond donors (Lipinski definition) is 3. The maximum absolute atomic E-state index is 9.12. The Bertz CT molecular complexity index is 271.